The zero-order valence-corrected chi connectivity index (χ0v) is 12.3. The number of esters is 1. The highest BCUT2D eigenvalue weighted by Gasteiger charge is 2.32. The quantitative estimate of drug-likeness (QED) is 0.738. The second-order valence-corrected chi connectivity index (χ2v) is 5.11. The molecule has 0 saturated carbocycles. The minimum Gasteiger partial charge on any atom is -0.464 e. The van der Waals surface area contributed by atoms with Gasteiger partial charge in [-0.3, -0.25) is 4.79 Å². The number of hydrogen-bond donors (Lipinski definition) is 2. The molecule has 0 radical (unpaired) electrons. The molecule has 8 heteroatoms. The van der Waals surface area contributed by atoms with Crippen LogP contribution in [0.1, 0.15) is 54.3 Å². The van der Waals surface area contributed by atoms with Crippen molar-refractivity contribution in [1.82, 2.24) is 20.3 Å². The Morgan fingerprint density at radius 3 is 2.67 bits per heavy atom. The molecule has 0 spiro atoms. The molecule has 3 N–H and O–H groups in total. The summed E-state index contributed by atoms with van der Waals surface area (Å²) in [6, 6.07) is -0.596. The van der Waals surface area contributed by atoms with E-state index in [9.17, 15) is 9.59 Å². The number of methoxy groups -OCH3 is 1. The van der Waals surface area contributed by atoms with E-state index in [0.717, 1.165) is 25.9 Å². The second-order valence-electron chi connectivity index (χ2n) is 5.11. The molecule has 1 aliphatic heterocycles. The number of nitrogens with zero attached hydrogens (tertiary/aromatic N) is 3. The van der Waals surface area contributed by atoms with E-state index in [1.54, 1.807) is 0 Å². The van der Waals surface area contributed by atoms with Crippen LogP contribution in [-0.4, -0.2) is 47.1 Å². The third-order valence-corrected chi connectivity index (χ3v) is 3.85. The van der Waals surface area contributed by atoms with Crippen molar-refractivity contribution in [3.63, 3.8) is 0 Å². The molecule has 0 bridgehead atoms. The summed E-state index contributed by atoms with van der Waals surface area (Å²) >= 11 is 0. The lowest BCUT2D eigenvalue weighted by Gasteiger charge is -2.25. The molecule has 1 aromatic rings. The van der Waals surface area contributed by atoms with Crippen LogP contribution in [0.2, 0.25) is 0 Å². The van der Waals surface area contributed by atoms with Gasteiger partial charge in [0.2, 0.25) is 5.91 Å². The highest BCUT2D eigenvalue weighted by molar-refractivity contribution is 5.88. The number of carbonyl (C=O) groups is 2. The lowest BCUT2D eigenvalue weighted by atomic mass is 9.92. The molecule has 8 nitrogen and oxygen atoms in total. The van der Waals surface area contributed by atoms with Crippen molar-refractivity contribution >= 4 is 11.9 Å². The molecule has 2 heterocycles. The molecule has 0 aliphatic carbocycles. The molecule has 1 aromatic heterocycles. The van der Waals surface area contributed by atoms with E-state index in [4.69, 9.17) is 10.5 Å². The Balaban J connectivity index is 2.47. The van der Waals surface area contributed by atoms with Gasteiger partial charge in [-0.25, -0.2) is 9.48 Å². The largest absolute Gasteiger partial charge is 0.464 e. The van der Waals surface area contributed by atoms with E-state index in [2.05, 4.69) is 15.6 Å². The number of ether oxygens (including phenoxy) is 1. The topological polar surface area (TPSA) is 112 Å². The zero-order valence-electron chi connectivity index (χ0n) is 12.3. The van der Waals surface area contributed by atoms with Gasteiger partial charge in [0.1, 0.15) is 6.04 Å². The maximum absolute atomic E-state index is 11.9. The van der Waals surface area contributed by atoms with Crippen molar-refractivity contribution in [2.45, 2.75) is 38.1 Å². The Morgan fingerprint density at radius 1 is 1.48 bits per heavy atom. The standard InChI is InChI=1S/C13H21N5O3/c1-3-9(12(14)19)18-11(8-4-6-15-7-5-8)10(16-17-18)13(20)21-2/h8-9,15H,3-7H2,1-2H3,(H2,14,19). The average molecular weight is 295 g/mol. The fraction of sp³-hybridized carbons (Fsp3) is 0.692. The van der Waals surface area contributed by atoms with Crippen LogP contribution in [0.4, 0.5) is 0 Å². The molecule has 116 valence electrons. The van der Waals surface area contributed by atoms with Crippen molar-refractivity contribution in [2.75, 3.05) is 20.2 Å². The molecule has 2 rings (SSSR count). The van der Waals surface area contributed by atoms with Crippen LogP contribution >= 0.6 is 0 Å². The average Bonchev–Trinajstić information content (AvgIpc) is 2.92. The summed E-state index contributed by atoms with van der Waals surface area (Å²) in [4.78, 5) is 23.5. The van der Waals surface area contributed by atoms with Gasteiger partial charge in [-0.05, 0) is 32.4 Å². The SMILES string of the molecule is CCC(C(N)=O)n1nnc(C(=O)OC)c1C1CCNCC1. The number of nitrogens with one attached hydrogen (secondary N) is 1. The Morgan fingerprint density at radius 2 is 2.14 bits per heavy atom. The molecule has 21 heavy (non-hydrogen) atoms. The van der Waals surface area contributed by atoms with Crippen molar-refractivity contribution in [3.8, 4) is 0 Å². The molecule has 1 unspecified atom stereocenters. The van der Waals surface area contributed by atoms with Crippen LogP contribution in [0.15, 0.2) is 0 Å². The number of piperidine rings is 1. The number of hydrogen-bond acceptors (Lipinski definition) is 6. The van der Waals surface area contributed by atoms with E-state index in [0.29, 0.717) is 12.1 Å². The molecule has 1 atom stereocenters. The summed E-state index contributed by atoms with van der Waals surface area (Å²) in [5, 5.41) is 11.2. The van der Waals surface area contributed by atoms with Gasteiger partial charge in [0, 0.05) is 5.92 Å². The van der Waals surface area contributed by atoms with Crippen LogP contribution < -0.4 is 11.1 Å². The Kier molecular flexibility index (Phi) is 4.89. The van der Waals surface area contributed by atoms with Crippen molar-refractivity contribution in [3.05, 3.63) is 11.4 Å². The fourth-order valence-corrected chi connectivity index (χ4v) is 2.74. The van der Waals surface area contributed by atoms with Crippen molar-refractivity contribution in [1.29, 1.82) is 0 Å². The highest BCUT2D eigenvalue weighted by Crippen LogP contribution is 2.30. The van der Waals surface area contributed by atoms with E-state index in [-0.39, 0.29) is 11.6 Å². The first-order valence-electron chi connectivity index (χ1n) is 7.13. The molecule has 0 aromatic carbocycles. The normalized spacial score (nSPS) is 17.4. The van der Waals surface area contributed by atoms with Gasteiger partial charge < -0.3 is 15.8 Å². The summed E-state index contributed by atoms with van der Waals surface area (Å²) < 4.78 is 6.27. The molecule has 1 fully saturated rings. The predicted octanol–water partition coefficient (Wildman–Crippen LogP) is -0.0319. The van der Waals surface area contributed by atoms with Crippen molar-refractivity contribution < 1.29 is 14.3 Å². The van der Waals surface area contributed by atoms with Gasteiger partial charge >= 0.3 is 5.97 Å². The lowest BCUT2D eigenvalue weighted by molar-refractivity contribution is -0.121. The number of amides is 1. The van der Waals surface area contributed by atoms with Crippen LogP contribution in [-0.2, 0) is 9.53 Å². The van der Waals surface area contributed by atoms with Crippen LogP contribution in [0.5, 0.6) is 0 Å². The van der Waals surface area contributed by atoms with E-state index < -0.39 is 17.9 Å². The summed E-state index contributed by atoms with van der Waals surface area (Å²) in [6.07, 6.45) is 2.20. The van der Waals surface area contributed by atoms with Crippen molar-refractivity contribution in [2.24, 2.45) is 5.73 Å². The maximum atomic E-state index is 11.9. The van der Waals surface area contributed by atoms with Gasteiger partial charge in [0.05, 0.1) is 12.8 Å². The number of rotatable bonds is 5. The molecule has 1 saturated heterocycles. The van der Waals surface area contributed by atoms with E-state index in [1.165, 1.54) is 11.8 Å². The summed E-state index contributed by atoms with van der Waals surface area (Å²) in [5.74, 6) is -0.896. The monoisotopic (exact) mass is 295 g/mol. The maximum Gasteiger partial charge on any atom is 0.360 e. The Bertz CT molecular complexity index is 522. The fourth-order valence-electron chi connectivity index (χ4n) is 2.74. The van der Waals surface area contributed by atoms with E-state index >= 15 is 0 Å². The highest BCUT2D eigenvalue weighted by atomic mass is 16.5. The van der Waals surface area contributed by atoms with Gasteiger partial charge in [0.25, 0.3) is 0 Å². The summed E-state index contributed by atoms with van der Waals surface area (Å²) in [6.45, 7) is 3.55. The minimum atomic E-state index is -0.596. The summed E-state index contributed by atoms with van der Waals surface area (Å²) in [5.41, 5.74) is 6.28. The van der Waals surface area contributed by atoms with Crippen LogP contribution in [0.25, 0.3) is 0 Å². The van der Waals surface area contributed by atoms with Gasteiger partial charge in [-0.15, -0.1) is 5.10 Å². The second kappa shape index (κ2) is 6.66. The smallest absolute Gasteiger partial charge is 0.360 e. The molecular formula is C13H21N5O3. The van der Waals surface area contributed by atoms with Gasteiger partial charge in [-0.2, -0.15) is 0 Å². The van der Waals surface area contributed by atoms with Crippen LogP contribution in [0.3, 0.4) is 0 Å². The minimum absolute atomic E-state index is 0.115. The lowest BCUT2D eigenvalue weighted by Crippen LogP contribution is -2.32. The number of carbonyl (C=O) groups excluding carboxylic acids is 2. The van der Waals surface area contributed by atoms with Crippen LogP contribution in [0, 0.1) is 0 Å². The number of nitrogens with two attached hydrogens (primary N) is 1. The Hall–Kier alpha value is -1.96. The predicted molar refractivity (Wildman–Crippen MR) is 74.7 cm³/mol. The third kappa shape index (κ3) is 3.05. The third-order valence-electron chi connectivity index (χ3n) is 3.85. The first kappa shape index (κ1) is 15.4. The number of aromatic nitrogens is 3. The van der Waals surface area contributed by atoms with E-state index in [1.807, 2.05) is 6.92 Å². The first-order valence-corrected chi connectivity index (χ1v) is 7.13. The summed E-state index contributed by atoms with van der Waals surface area (Å²) in [7, 11) is 1.30. The Labute approximate surface area is 123 Å². The molecular weight excluding hydrogens is 274 g/mol. The van der Waals surface area contributed by atoms with Gasteiger partial charge in [-0.1, -0.05) is 12.1 Å². The number of primary amides is 1. The van der Waals surface area contributed by atoms with Gasteiger partial charge in [0.15, 0.2) is 5.69 Å². The molecule has 1 amide bonds. The first-order chi connectivity index (χ1) is 10.1. The zero-order chi connectivity index (χ0) is 15.4. The molecule has 1 aliphatic rings.